The molecule has 7 heteroatoms. The predicted molar refractivity (Wildman–Crippen MR) is 82.0 cm³/mol. The Morgan fingerprint density at radius 3 is 2.76 bits per heavy atom. The van der Waals surface area contributed by atoms with Crippen molar-refractivity contribution in [2.45, 2.75) is 0 Å². The molecule has 0 spiro atoms. The first-order valence-electron chi connectivity index (χ1n) is 6.52. The molecule has 2 amide bonds. The number of amides is 2. The molecule has 0 radical (unpaired) electrons. The lowest BCUT2D eigenvalue weighted by atomic mass is 10.2. The second kappa shape index (κ2) is 6.53. The van der Waals surface area contributed by atoms with E-state index in [1.807, 2.05) is 0 Å². The van der Waals surface area contributed by atoms with Crippen LogP contribution in [-0.4, -0.2) is 59.9 Å². The van der Waals surface area contributed by atoms with Gasteiger partial charge in [0, 0.05) is 20.1 Å². The van der Waals surface area contributed by atoms with Gasteiger partial charge in [0.25, 0.3) is 5.91 Å². The summed E-state index contributed by atoms with van der Waals surface area (Å²) in [5.41, 5.74) is 6.20. The van der Waals surface area contributed by atoms with Gasteiger partial charge in [0.15, 0.2) is 6.61 Å². The molecule has 0 bridgehead atoms. The molecule has 2 N–H and O–H groups in total. The lowest BCUT2D eigenvalue weighted by molar-refractivity contribution is -0.145. The topological polar surface area (TPSA) is 75.9 Å². The molecule has 1 aromatic rings. The minimum absolute atomic E-state index is 0.0712. The number of hydrogen-bond acceptors (Lipinski definition) is 4. The monoisotopic (exact) mass is 307 g/mol. The van der Waals surface area contributed by atoms with Crippen molar-refractivity contribution < 1.29 is 14.3 Å². The molecule has 0 unspecified atom stereocenters. The fraction of sp³-hybridized carbons (Fsp3) is 0.357. The van der Waals surface area contributed by atoms with Crippen molar-refractivity contribution in [1.82, 2.24) is 9.80 Å². The molecule has 6 nitrogen and oxygen atoms in total. The number of rotatable bonds is 4. The number of nitrogens with zero attached hydrogens (tertiary/aromatic N) is 2. The quantitative estimate of drug-likeness (QED) is 0.793. The second-order valence-corrected chi connectivity index (χ2v) is 5.22. The van der Waals surface area contributed by atoms with Gasteiger partial charge in [-0.05, 0) is 12.1 Å². The molecule has 0 aliphatic carbocycles. The van der Waals surface area contributed by atoms with Crippen molar-refractivity contribution in [2.24, 2.45) is 5.73 Å². The smallest absolute Gasteiger partial charge is 0.261 e. The van der Waals surface area contributed by atoms with Crippen molar-refractivity contribution in [3.8, 4) is 5.75 Å². The first-order valence-corrected chi connectivity index (χ1v) is 6.93. The molecule has 0 aromatic heterocycles. The average molecular weight is 307 g/mol. The Kier molecular flexibility index (Phi) is 4.74. The summed E-state index contributed by atoms with van der Waals surface area (Å²) >= 11 is 4.94. The summed E-state index contributed by atoms with van der Waals surface area (Å²) in [6.45, 7) is 1.00. The van der Waals surface area contributed by atoms with E-state index in [-0.39, 0.29) is 30.0 Å². The van der Waals surface area contributed by atoms with Gasteiger partial charge in [-0.2, -0.15) is 0 Å². The van der Waals surface area contributed by atoms with Gasteiger partial charge in [0.2, 0.25) is 5.91 Å². The zero-order valence-corrected chi connectivity index (χ0v) is 12.6. The first kappa shape index (κ1) is 15.2. The third kappa shape index (κ3) is 3.69. The Labute approximate surface area is 128 Å². The van der Waals surface area contributed by atoms with Crippen LogP contribution in [0, 0.1) is 0 Å². The molecule has 2 rings (SSSR count). The van der Waals surface area contributed by atoms with E-state index >= 15 is 0 Å². The number of carbonyl (C=O) groups is 2. The summed E-state index contributed by atoms with van der Waals surface area (Å²) in [4.78, 5) is 27.0. The zero-order valence-electron chi connectivity index (χ0n) is 11.7. The fourth-order valence-electron chi connectivity index (χ4n) is 2.00. The van der Waals surface area contributed by atoms with Gasteiger partial charge in [-0.1, -0.05) is 24.4 Å². The highest BCUT2D eigenvalue weighted by Crippen LogP contribution is 2.17. The largest absolute Gasteiger partial charge is 0.483 e. The highest BCUT2D eigenvalue weighted by atomic mass is 32.1. The van der Waals surface area contributed by atoms with Crippen LogP contribution < -0.4 is 10.5 Å². The third-order valence-corrected chi connectivity index (χ3v) is 3.53. The SMILES string of the molecule is CN1CCN(C(=O)COc2ccccc2C(N)=S)CC1=O. The summed E-state index contributed by atoms with van der Waals surface area (Å²) in [7, 11) is 1.72. The average Bonchev–Trinajstić information content (AvgIpc) is 2.47. The number of benzene rings is 1. The number of carbonyl (C=O) groups excluding carboxylic acids is 2. The van der Waals surface area contributed by atoms with Crippen LogP contribution in [0.5, 0.6) is 5.75 Å². The number of thiocarbonyl (C=S) groups is 1. The number of para-hydroxylation sites is 1. The number of nitrogens with two attached hydrogens (primary N) is 1. The molecular formula is C14H17N3O3S. The molecule has 1 saturated heterocycles. The number of hydrogen-bond donors (Lipinski definition) is 1. The van der Waals surface area contributed by atoms with Crippen LogP contribution in [0.4, 0.5) is 0 Å². The van der Waals surface area contributed by atoms with Gasteiger partial charge >= 0.3 is 0 Å². The van der Waals surface area contributed by atoms with Crippen LogP contribution >= 0.6 is 12.2 Å². The van der Waals surface area contributed by atoms with E-state index in [4.69, 9.17) is 22.7 Å². The maximum absolute atomic E-state index is 12.1. The van der Waals surface area contributed by atoms with Crippen LogP contribution in [0.2, 0.25) is 0 Å². The van der Waals surface area contributed by atoms with Crippen LogP contribution in [0.15, 0.2) is 24.3 Å². The number of piperazine rings is 1. The van der Waals surface area contributed by atoms with Gasteiger partial charge < -0.3 is 20.3 Å². The van der Waals surface area contributed by atoms with Crippen LogP contribution in [0.25, 0.3) is 0 Å². The van der Waals surface area contributed by atoms with Crippen molar-refractivity contribution in [1.29, 1.82) is 0 Å². The highest BCUT2D eigenvalue weighted by Gasteiger charge is 2.25. The molecule has 1 heterocycles. The zero-order chi connectivity index (χ0) is 15.4. The normalized spacial score (nSPS) is 15.0. The molecule has 1 aliphatic rings. The van der Waals surface area contributed by atoms with Crippen molar-refractivity contribution in [3.63, 3.8) is 0 Å². The van der Waals surface area contributed by atoms with E-state index in [0.717, 1.165) is 0 Å². The molecule has 112 valence electrons. The fourth-order valence-corrected chi connectivity index (χ4v) is 2.17. The van der Waals surface area contributed by atoms with E-state index in [0.29, 0.717) is 24.4 Å². The third-order valence-electron chi connectivity index (χ3n) is 3.31. The van der Waals surface area contributed by atoms with Gasteiger partial charge in [0.1, 0.15) is 10.7 Å². The molecular weight excluding hydrogens is 290 g/mol. The minimum Gasteiger partial charge on any atom is -0.483 e. The first-order chi connectivity index (χ1) is 9.99. The lowest BCUT2D eigenvalue weighted by Gasteiger charge is -2.31. The maximum atomic E-state index is 12.1. The Morgan fingerprint density at radius 1 is 1.38 bits per heavy atom. The van der Waals surface area contributed by atoms with E-state index < -0.39 is 0 Å². The Hall–Kier alpha value is -2.15. The van der Waals surface area contributed by atoms with Gasteiger partial charge in [-0.25, -0.2) is 0 Å². The summed E-state index contributed by atoms with van der Waals surface area (Å²) in [5, 5.41) is 0. The molecule has 1 aromatic carbocycles. The van der Waals surface area contributed by atoms with Crippen molar-refractivity contribution in [3.05, 3.63) is 29.8 Å². The van der Waals surface area contributed by atoms with Crippen molar-refractivity contribution in [2.75, 3.05) is 33.3 Å². The highest BCUT2D eigenvalue weighted by molar-refractivity contribution is 7.80. The van der Waals surface area contributed by atoms with E-state index in [1.165, 1.54) is 4.90 Å². The Morgan fingerprint density at radius 2 is 2.10 bits per heavy atom. The van der Waals surface area contributed by atoms with E-state index in [9.17, 15) is 9.59 Å². The molecule has 0 saturated carbocycles. The van der Waals surface area contributed by atoms with E-state index in [1.54, 1.807) is 36.2 Å². The standard InChI is InChI=1S/C14H17N3O3S/c1-16-6-7-17(8-12(16)18)13(19)9-20-11-5-3-2-4-10(11)14(15)21/h2-5H,6-9H2,1H3,(H2,15,21). The number of ether oxygens (including phenoxy) is 1. The van der Waals surface area contributed by atoms with Crippen LogP contribution in [0.1, 0.15) is 5.56 Å². The maximum Gasteiger partial charge on any atom is 0.261 e. The molecule has 21 heavy (non-hydrogen) atoms. The summed E-state index contributed by atoms with van der Waals surface area (Å²) in [6, 6.07) is 7.02. The number of likely N-dealkylation sites (N-methyl/N-ethyl adjacent to an activating group) is 1. The Balaban J connectivity index is 1.96. The Bertz CT molecular complexity index is 576. The molecule has 0 atom stereocenters. The second-order valence-electron chi connectivity index (χ2n) is 4.78. The van der Waals surface area contributed by atoms with Gasteiger partial charge in [0.05, 0.1) is 12.1 Å². The van der Waals surface area contributed by atoms with Crippen LogP contribution in [-0.2, 0) is 9.59 Å². The minimum atomic E-state index is -0.228. The molecule has 1 aliphatic heterocycles. The van der Waals surface area contributed by atoms with Crippen LogP contribution in [0.3, 0.4) is 0 Å². The van der Waals surface area contributed by atoms with E-state index in [2.05, 4.69) is 0 Å². The van der Waals surface area contributed by atoms with Gasteiger partial charge in [-0.3, -0.25) is 9.59 Å². The summed E-state index contributed by atoms with van der Waals surface area (Å²) in [6.07, 6.45) is 0. The summed E-state index contributed by atoms with van der Waals surface area (Å²) in [5.74, 6) is 0.172. The van der Waals surface area contributed by atoms with Crippen molar-refractivity contribution >= 4 is 29.0 Å². The summed E-state index contributed by atoms with van der Waals surface area (Å²) < 4.78 is 5.49. The lowest BCUT2D eigenvalue weighted by Crippen LogP contribution is -2.51. The molecule has 1 fully saturated rings. The predicted octanol–water partition coefficient (Wildman–Crippen LogP) is 0.000200. The van der Waals surface area contributed by atoms with Gasteiger partial charge in [-0.15, -0.1) is 0 Å².